The van der Waals surface area contributed by atoms with Crippen LogP contribution in [0.1, 0.15) is 0 Å². The average Bonchev–Trinajstić information content (AvgIpc) is 2.83. The lowest BCUT2D eigenvalue weighted by atomic mass is 10.1. The molecule has 0 saturated heterocycles. The van der Waals surface area contributed by atoms with Gasteiger partial charge in [0.15, 0.2) is 0 Å². The number of nitrogen functional groups attached to an aromatic ring is 1. The molecule has 22 heavy (non-hydrogen) atoms. The number of hydrogen-bond acceptors (Lipinski definition) is 3. The molecule has 0 aliphatic carbocycles. The maximum atomic E-state index is 6.09. The van der Waals surface area contributed by atoms with Gasteiger partial charge in [-0.05, 0) is 12.1 Å². The maximum Gasteiger partial charge on any atom is 0.321 e. The SMILES string of the molecule is C[n+]1[nH]c(-c2ccccc2)c(N=Nc2ccccc2Cl)c1N. The first-order chi connectivity index (χ1) is 10.7. The van der Waals surface area contributed by atoms with E-state index in [1.165, 1.54) is 0 Å². The highest BCUT2D eigenvalue weighted by molar-refractivity contribution is 6.32. The Hall–Kier alpha value is -2.66. The molecule has 0 aliphatic heterocycles. The van der Waals surface area contributed by atoms with Crippen LogP contribution in [0.25, 0.3) is 11.3 Å². The Morgan fingerprint density at radius 1 is 1.00 bits per heavy atom. The predicted molar refractivity (Wildman–Crippen MR) is 87.4 cm³/mol. The molecule has 0 spiro atoms. The Kier molecular flexibility index (Phi) is 3.89. The van der Waals surface area contributed by atoms with E-state index in [0.717, 1.165) is 11.3 Å². The van der Waals surface area contributed by atoms with Crippen LogP contribution in [-0.4, -0.2) is 5.10 Å². The van der Waals surface area contributed by atoms with Crippen LogP contribution in [0.2, 0.25) is 5.02 Å². The number of hydrogen-bond donors (Lipinski definition) is 2. The Morgan fingerprint density at radius 3 is 2.41 bits per heavy atom. The third-order valence-corrected chi connectivity index (χ3v) is 3.61. The smallest absolute Gasteiger partial charge is 0.283 e. The summed E-state index contributed by atoms with van der Waals surface area (Å²) >= 11 is 6.09. The van der Waals surface area contributed by atoms with Crippen LogP contribution in [0.4, 0.5) is 17.2 Å². The van der Waals surface area contributed by atoms with Crippen molar-refractivity contribution in [1.82, 2.24) is 5.10 Å². The predicted octanol–water partition coefficient (Wildman–Crippen LogP) is 4.16. The maximum absolute atomic E-state index is 6.09. The van der Waals surface area contributed by atoms with E-state index in [1.54, 1.807) is 16.8 Å². The number of anilines is 1. The standard InChI is InChI=1S/C16H14ClN5/c1-22-16(18)15(14(21-22)11-7-3-2-4-8-11)20-19-13-10-6-5-9-12(13)17/h2-10H,1H3,(H2,18,19,21)/p+1. The first kappa shape index (κ1) is 14.3. The van der Waals surface area contributed by atoms with Gasteiger partial charge in [0.2, 0.25) is 5.69 Å². The van der Waals surface area contributed by atoms with Gasteiger partial charge in [0, 0.05) is 5.56 Å². The Labute approximate surface area is 133 Å². The number of benzene rings is 2. The zero-order valence-electron chi connectivity index (χ0n) is 12.0. The van der Waals surface area contributed by atoms with Crippen molar-refractivity contribution < 1.29 is 4.68 Å². The van der Waals surface area contributed by atoms with Gasteiger partial charge in [0.1, 0.15) is 18.4 Å². The molecule has 5 nitrogen and oxygen atoms in total. The van der Waals surface area contributed by atoms with Gasteiger partial charge in [-0.15, -0.1) is 10.2 Å². The van der Waals surface area contributed by atoms with E-state index >= 15 is 0 Å². The normalized spacial score (nSPS) is 11.2. The third-order valence-electron chi connectivity index (χ3n) is 3.29. The molecule has 0 radical (unpaired) electrons. The van der Waals surface area contributed by atoms with E-state index in [-0.39, 0.29) is 0 Å². The molecule has 1 heterocycles. The number of aromatic nitrogens is 2. The molecule has 3 N–H and O–H groups in total. The molecule has 0 saturated carbocycles. The van der Waals surface area contributed by atoms with Gasteiger partial charge >= 0.3 is 5.82 Å². The summed E-state index contributed by atoms with van der Waals surface area (Å²) in [4.78, 5) is 0. The third kappa shape index (κ3) is 2.71. The zero-order valence-corrected chi connectivity index (χ0v) is 12.7. The Balaban J connectivity index is 2.06. The van der Waals surface area contributed by atoms with Crippen molar-refractivity contribution in [2.75, 3.05) is 5.73 Å². The summed E-state index contributed by atoms with van der Waals surface area (Å²) in [6.45, 7) is 0. The van der Waals surface area contributed by atoms with Crippen molar-refractivity contribution in [2.45, 2.75) is 0 Å². The number of nitrogens with one attached hydrogen (secondary N) is 1. The second-order valence-electron chi connectivity index (χ2n) is 4.80. The van der Waals surface area contributed by atoms with Crippen molar-refractivity contribution in [1.29, 1.82) is 0 Å². The summed E-state index contributed by atoms with van der Waals surface area (Å²) in [6, 6.07) is 17.1. The molecule has 0 aliphatic rings. The summed E-state index contributed by atoms with van der Waals surface area (Å²) < 4.78 is 1.71. The number of nitrogens with zero attached hydrogens (tertiary/aromatic N) is 3. The highest BCUT2D eigenvalue weighted by Crippen LogP contribution is 2.34. The van der Waals surface area contributed by atoms with Crippen LogP contribution >= 0.6 is 11.6 Å². The van der Waals surface area contributed by atoms with Crippen LogP contribution in [0, 0.1) is 0 Å². The molecular weight excluding hydrogens is 298 g/mol. The van der Waals surface area contributed by atoms with Crippen molar-refractivity contribution >= 4 is 28.8 Å². The Bertz CT molecular complexity index is 824. The van der Waals surface area contributed by atoms with Gasteiger partial charge in [-0.1, -0.05) is 54.1 Å². The summed E-state index contributed by atoms with van der Waals surface area (Å²) in [6.07, 6.45) is 0. The molecule has 2 aromatic carbocycles. The van der Waals surface area contributed by atoms with Gasteiger partial charge in [-0.2, -0.15) is 4.68 Å². The molecule has 0 atom stereocenters. The molecule has 3 aromatic rings. The zero-order chi connectivity index (χ0) is 15.5. The topological polar surface area (TPSA) is 70.4 Å². The molecule has 1 aromatic heterocycles. The average molecular weight is 313 g/mol. The number of azo groups is 1. The fourth-order valence-electron chi connectivity index (χ4n) is 2.11. The lowest BCUT2D eigenvalue weighted by Gasteiger charge is -1.97. The lowest BCUT2D eigenvalue weighted by Crippen LogP contribution is -2.32. The molecular formula is C16H15ClN5+. The van der Waals surface area contributed by atoms with Crippen LogP contribution in [-0.2, 0) is 7.05 Å². The second kappa shape index (κ2) is 5.99. The van der Waals surface area contributed by atoms with Crippen molar-refractivity contribution in [3.63, 3.8) is 0 Å². The molecule has 3 rings (SSSR count). The number of aryl methyl sites for hydroxylation is 1. The monoisotopic (exact) mass is 312 g/mol. The largest absolute Gasteiger partial charge is 0.321 e. The van der Waals surface area contributed by atoms with Crippen LogP contribution in [0.3, 0.4) is 0 Å². The molecule has 0 fully saturated rings. The van der Waals surface area contributed by atoms with Gasteiger partial charge in [0.05, 0.1) is 5.02 Å². The minimum Gasteiger partial charge on any atom is -0.283 e. The molecule has 0 bridgehead atoms. The molecule has 110 valence electrons. The summed E-state index contributed by atoms with van der Waals surface area (Å²) in [5.41, 5.74) is 9.09. The number of H-pyrrole nitrogens is 1. The van der Waals surface area contributed by atoms with Crippen LogP contribution in [0.15, 0.2) is 64.8 Å². The van der Waals surface area contributed by atoms with E-state index in [1.807, 2.05) is 49.5 Å². The van der Waals surface area contributed by atoms with E-state index in [4.69, 9.17) is 17.3 Å². The number of nitrogens with two attached hydrogens (primary N) is 1. The molecule has 6 heteroatoms. The van der Waals surface area contributed by atoms with E-state index in [2.05, 4.69) is 15.3 Å². The fraction of sp³-hybridized carbons (Fsp3) is 0.0625. The quantitative estimate of drug-likeness (QED) is 0.553. The minimum absolute atomic E-state index is 0.509. The molecule has 0 unspecified atom stereocenters. The fourth-order valence-corrected chi connectivity index (χ4v) is 2.29. The molecule has 0 amide bonds. The van der Waals surface area contributed by atoms with Gasteiger partial charge in [0.25, 0.3) is 0 Å². The summed E-state index contributed by atoms with van der Waals surface area (Å²) in [7, 11) is 1.83. The highest BCUT2D eigenvalue weighted by Gasteiger charge is 2.19. The van der Waals surface area contributed by atoms with Crippen LogP contribution < -0.4 is 10.4 Å². The summed E-state index contributed by atoms with van der Waals surface area (Å²) in [5.74, 6) is 0.509. The Morgan fingerprint density at radius 2 is 1.68 bits per heavy atom. The first-order valence-corrected chi connectivity index (χ1v) is 7.14. The van der Waals surface area contributed by atoms with E-state index < -0.39 is 0 Å². The van der Waals surface area contributed by atoms with E-state index in [0.29, 0.717) is 22.2 Å². The number of rotatable bonds is 3. The van der Waals surface area contributed by atoms with Crippen LogP contribution in [0.5, 0.6) is 0 Å². The summed E-state index contributed by atoms with van der Waals surface area (Å²) in [5, 5.41) is 12.2. The van der Waals surface area contributed by atoms with Crippen molar-refractivity contribution in [3.05, 3.63) is 59.6 Å². The highest BCUT2D eigenvalue weighted by atomic mass is 35.5. The number of halogens is 1. The first-order valence-electron chi connectivity index (χ1n) is 6.76. The second-order valence-corrected chi connectivity index (χ2v) is 5.20. The number of aromatic amines is 1. The van der Waals surface area contributed by atoms with Gasteiger partial charge in [-0.3, -0.25) is 5.73 Å². The minimum atomic E-state index is 0.509. The van der Waals surface area contributed by atoms with Crippen molar-refractivity contribution in [2.24, 2.45) is 17.3 Å². The lowest BCUT2D eigenvalue weighted by molar-refractivity contribution is -0.712. The van der Waals surface area contributed by atoms with Crippen molar-refractivity contribution in [3.8, 4) is 11.3 Å². The van der Waals surface area contributed by atoms with E-state index in [9.17, 15) is 0 Å². The van der Waals surface area contributed by atoms with Gasteiger partial charge in [-0.25, -0.2) is 5.10 Å². The van der Waals surface area contributed by atoms with Gasteiger partial charge < -0.3 is 0 Å².